The smallest absolute Gasteiger partial charge is 0.270 e. The summed E-state index contributed by atoms with van der Waals surface area (Å²) in [6.45, 7) is 4.41. The van der Waals surface area contributed by atoms with Gasteiger partial charge in [-0.15, -0.1) is 0 Å². The van der Waals surface area contributed by atoms with E-state index in [4.69, 9.17) is 4.74 Å². The molecular weight excluding hydrogens is 264 g/mol. The number of amides is 1. The summed E-state index contributed by atoms with van der Waals surface area (Å²) in [5, 5.41) is 1.08. The van der Waals surface area contributed by atoms with Crippen LogP contribution in [0.1, 0.15) is 36.7 Å². The molecule has 0 bridgehead atoms. The molecule has 4 nitrogen and oxygen atoms in total. The van der Waals surface area contributed by atoms with Crippen LogP contribution in [-0.2, 0) is 4.74 Å². The number of rotatable bonds is 4. The van der Waals surface area contributed by atoms with E-state index in [2.05, 4.69) is 11.9 Å². The van der Waals surface area contributed by atoms with E-state index in [1.165, 1.54) is 0 Å². The van der Waals surface area contributed by atoms with Crippen molar-refractivity contribution in [1.82, 2.24) is 9.88 Å². The van der Waals surface area contributed by atoms with Gasteiger partial charge in [0.15, 0.2) is 0 Å². The molecule has 1 aromatic heterocycles. The number of nitrogens with one attached hydrogen (secondary N) is 1. The van der Waals surface area contributed by atoms with Crippen LogP contribution in [-0.4, -0.2) is 41.6 Å². The number of aromatic nitrogens is 1. The maximum absolute atomic E-state index is 12.6. The summed E-state index contributed by atoms with van der Waals surface area (Å²) in [6, 6.07) is 9.91. The van der Waals surface area contributed by atoms with E-state index >= 15 is 0 Å². The summed E-state index contributed by atoms with van der Waals surface area (Å²) in [5.74, 6) is 0.0796. The molecule has 0 radical (unpaired) electrons. The molecular formula is C17H22N2O2. The van der Waals surface area contributed by atoms with Crippen molar-refractivity contribution in [3.05, 3.63) is 36.0 Å². The summed E-state index contributed by atoms with van der Waals surface area (Å²) in [6.07, 6.45) is 3.27. The molecule has 3 rings (SSSR count). The van der Waals surface area contributed by atoms with Gasteiger partial charge in [0.25, 0.3) is 5.91 Å². The standard InChI is InChI=1S/C17H22N2O2/c1-2-10-21-14-7-5-9-19(12-14)17(20)16-11-13-6-3-4-8-15(13)18-16/h3-4,6,8,11,14,18H,2,5,7,9-10,12H2,1H3. The van der Waals surface area contributed by atoms with E-state index in [-0.39, 0.29) is 12.0 Å². The van der Waals surface area contributed by atoms with Gasteiger partial charge in [-0.25, -0.2) is 0 Å². The summed E-state index contributed by atoms with van der Waals surface area (Å²) in [7, 11) is 0. The van der Waals surface area contributed by atoms with Crippen molar-refractivity contribution in [2.45, 2.75) is 32.3 Å². The Balaban J connectivity index is 1.71. The zero-order valence-corrected chi connectivity index (χ0v) is 12.5. The summed E-state index contributed by atoms with van der Waals surface area (Å²) in [5.41, 5.74) is 1.68. The lowest BCUT2D eigenvalue weighted by molar-refractivity contribution is 0.00195. The van der Waals surface area contributed by atoms with E-state index in [9.17, 15) is 4.79 Å². The molecule has 1 aliphatic heterocycles. The Morgan fingerprint density at radius 3 is 3.10 bits per heavy atom. The molecule has 112 valence electrons. The Bertz CT molecular complexity index is 587. The molecule has 4 heteroatoms. The number of likely N-dealkylation sites (tertiary alicyclic amines) is 1. The Kier molecular flexibility index (Phi) is 4.25. The van der Waals surface area contributed by atoms with Gasteiger partial charge in [-0.3, -0.25) is 4.79 Å². The van der Waals surface area contributed by atoms with Gasteiger partial charge in [-0.1, -0.05) is 25.1 Å². The van der Waals surface area contributed by atoms with Gasteiger partial charge in [-0.2, -0.15) is 0 Å². The highest BCUT2D eigenvalue weighted by Gasteiger charge is 2.25. The molecule has 2 aromatic rings. The molecule has 2 heterocycles. The first-order valence-corrected chi connectivity index (χ1v) is 7.76. The molecule has 1 atom stereocenters. The molecule has 1 aromatic carbocycles. The molecule has 0 spiro atoms. The van der Waals surface area contributed by atoms with Crippen LogP contribution in [0.25, 0.3) is 10.9 Å². The molecule has 1 fully saturated rings. The Hall–Kier alpha value is -1.81. The topological polar surface area (TPSA) is 45.3 Å². The van der Waals surface area contributed by atoms with Crippen LogP contribution in [0.2, 0.25) is 0 Å². The summed E-state index contributed by atoms with van der Waals surface area (Å²) in [4.78, 5) is 17.8. The number of H-pyrrole nitrogens is 1. The van der Waals surface area contributed by atoms with Crippen molar-refractivity contribution in [2.75, 3.05) is 19.7 Å². The second-order valence-electron chi connectivity index (χ2n) is 5.66. The normalized spacial score (nSPS) is 19.1. The molecule has 1 unspecified atom stereocenters. The fourth-order valence-corrected chi connectivity index (χ4v) is 2.90. The zero-order valence-electron chi connectivity index (χ0n) is 12.5. The number of fused-ring (bicyclic) bond motifs is 1. The number of carbonyl (C=O) groups is 1. The van der Waals surface area contributed by atoms with Gasteiger partial charge < -0.3 is 14.6 Å². The number of benzene rings is 1. The van der Waals surface area contributed by atoms with E-state index < -0.39 is 0 Å². The average Bonchev–Trinajstić information content (AvgIpc) is 2.96. The number of hydrogen-bond acceptors (Lipinski definition) is 2. The minimum atomic E-state index is 0.0796. The van der Waals surface area contributed by atoms with Crippen molar-refractivity contribution in [1.29, 1.82) is 0 Å². The highest BCUT2D eigenvalue weighted by molar-refractivity contribution is 5.98. The highest BCUT2D eigenvalue weighted by Crippen LogP contribution is 2.19. The third-order valence-electron chi connectivity index (χ3n) is 3.98. The minimum absolute atomic E-state index is 0.0796. The van der Waals surface area contributed by atoms with Crippen LogP contribution in [0, 0.1) is 0 Å². The lowest BCUT2D eigenvalue weighted by Crippen LogP contribution is -2.43. The molecule has 1 N–H and O–H groups in total. The van der Waals surface area contributed by atoms with Crippen LogP contribution < -0.4 is 0 Å². The van der Waals surface area contributed by atoms with E-state index in [0.717, 1.165) is 43.3 Å². The van der Waals surface area contributed by atoms with Crippen molar-refractivity contribution in [2.24, 2.45) is 0 Å². The fraction of sp³-hybridized carbons (Fsp3) is 0.471. The number of hydrogen-bond donors (Lipinski definition) is 1. The van der Waals surface area contributed by atoms with Crippen molar-refractivity contribution in [3.63, 3.8) is 0 Å². The van der Waals surface area contributed by atoms with Crippen LogP contribution in [0.5, 0.6) is 0 Å². The van der Waals surface area contributed by atoms with E-state index in [1.807, 2.05) is 35.2 Å². The van der Waals surface area contributed by atoms with Gasteiger partial charge in [0.2, 0.25) is 0 Å². The van der Waals surface area contributed by atoms with Crippen LogP contribution in [0.3, 0.4) is 0 Å². The van der Waals surface area contributed by atoms with Crippen molar-refractivity contribution < 1.29 is 9.53 Å². The average molecular weight is 286 g/mol. The maximum atomic E-state index is 12.6. The third-order valence-corrected chi connectivity index (χ3v) is 3.98. The predicted molar refractivity (Wildman–Crippen MR) is 83.5 cm³/mol. The monoisotopic (exact) mass is 286 g/mol. The second-order valence-corrected chi connectivity index (χ2v) is 5.66. The van der Waals surface area contributed by atoms with Crippen molar-refractivity contribution in [3.8, 4) is 0 Å². The highest BCUT2D eigenvalue weighted by atomic mass is 16.5. The zero-order chi connectivity index (χ0) is 14.7. The molecule has 1 amide bonds. The quantitative estimate of drug-likeness (QED) is 0.938. The largest absolute Gasteiger partial charge is 0.376 e. The number of ether oxygens (including phenoxy) is 1. The molecule has 0 aliphatic carbocycles. The number of nitrogens with zero attached hydrogens (tertiary/aromatic N) is 1. The fourth-order valence-electron chi connectivity index (χ4n) is 2.90. The molecule has 1 aliphatic rings. The summed E-state index contributed by atoms with van der Waals surface area (Å²) >= 11 is 0. The first-order chi connectivity index (χ1) is 10.3. The van der Waals surface area contributed by atoms with Crippen molar-refractivity contribution >= 4 is 16.8 Å². The van der Waals surface area contributed by atoms with E-state index in [1.54, 1.807) is 0 Å². The van der Waals surface area contributed by atoms with Gasteiger partial charge in [0.1, 0.15) is 5.69 Å². The maximum Gasteiger partial charge on any atom is 0.270 e. The Morgan fingerprint density at radius 2 is 2.29 bits per heavy atom. The second kappa shape index (κ2) is 6.31. The first kappa shape index (κ1) is 14.1. The van der Waals surface area contributed by atoms with Crippen LogP contribution >= 0.6 is 0 Å². The summed E-state index contributed by atoms with van der Waals surface area (Å²) < 4.78 is 5.80. The lowest BCUT2D eigenvalue weighted by atomic mass is 10.1. The van der Waals surface area contributed by atoms with Gasteiger partial charge in [0, 0.05) is 30.6 Å². The number of carbonyl (C=O) groups excluding carboxylic acids is 1. The molecule has 1 saturated heterocycles. The van der Waals surface area contributed by atoms with Crippen LogP contribution in [0.4, 0.5) is 0 Å². The minimum Gasteiger partial charge on any atom is -0.376 e. The molecule has 0 saturated carbocycles. The molecule has 21 heavy (non-hydrogen) atoms. The van der Waals surface area contributed by atoms with Crippen LogP contribution in [0.15, 0.2) is 30.3 Å². The number of piperidine rings is 1. The van der Waals surface area contributed by atoms with Gasteiger partial charge in [0.05, 0.1) is 6.10 Å². The number of para-hydroxylation sites is 1. The predicted octanol–water partition coefficient (Wildman–Crippen LogP) is 3.20. The lowest BCUT2D eigenvalue weighted by Gasteiger charge is -2.32. The first-order valence-electron chi connectivity index (χ1n) is 7.76. The Labute approximate surface area is 125 Å². The number of aromatic amines is 1. The Morgan fingerprint density at radius 1 is 1.43 bits per heavy atom. The van der Waals surface area contributed by atoms with Gasteiger partial charge >= 0.3 is 0 Å². The van der Waals surface area contributed by atoms with E-state index in [0.29, 0.717) is 12.2 Å². The van der Waals surface area contributed by atoms with Gasteiger partial charge in [-0.05, 0) is 31.4 Å². The third kappa shape index (κ3) is 3.10. The SMILES string of the molecule is CCCOC1CCCN(C(=O)c2cc3ccccc3[nH]2)C1.